The van der Waals surface area contributed by atoms with Gasteiger partial charge in [0, 0.05) is 11.6 Å². The van der Waals surface area contributed by atoms with Gasteiger partial charge in [0.15, 0.2) is 6.61 Å². The van der Waals surface area contributed by atoms with Gasteiger partial charge in [-0.3, -0.25) is 4.98 Å². The molecule has 7 heteroatoms. The number of aromatic nitrogens is 1. The van der Waals surface area contributed by atoms with Crippen molar-refractivity contribution in [1.82, 2.24) is 4.98 Å². The molecule has 2 rings (SSSR count). The normalized spacial score (nSPS) is 11.4. The molecule has 0 fully saturated rings. The second kappa shape index (κ2) is 5.36. The molecule has 0 N–H and O–H groups in total. The molecule has 20 heavy (non-hydrogen) atoms. The van der Waals surface area contributed by atoms with Crippen LogP contribution in [0.5, 0.6) is 5.75 Å². The summed E-state index contributed by atoms with van der Waals surface area (Å²) in [6.07, 6.45) is -3.13. The summed E-state index contributed by atoms with van der Waals surface area (Å²) in [5.41, 5.74) is 0.398. The number of carbonyl (C=O) groups is 1. The predicted molar refractivity (Wildman–Crippen MR) is 64.6 cm³/mol. The van der Waals surface area contributed by atoms with Crippen LogP contribution >= 0.6 is 0 Å². The van der Waals surface area contributed by atoms with E-state index in [1.165, 1.54) is 31.5 Å². The van der Waals surface area contributed by atoms with Crippen LogP contribution in [-0.4, -0.2) is 30.8 Å². The number of carbonyl (C=O) groups excluding carboxylic acids is 1. The lowest BCUT2D eigenvalue weighted by Crippen LogP contribution is -2.19. The molecule has 0 amide bonds. The van der Waals surface area contributed by atoms with Crippen LogP contribution in [0.4, 0.5) is 13.2 Å². The van der Waals surface area contributed by atoms with Crippen LogP contribution in [0.25, 0.3) is 10.9 Å². The molecular formula is C13H10F3NO3. The first-order chi connectivity index (χ1) is 9.42. The first-order valence-electron chi connectivity index (χ1n) is 5.58. The van der Waals surface area contributed by atoms with E-state index in [9.17, 15) is 18.0 Å². The first kappa shape index (κ1) is 14.1. The van der Waals surface area contributed by atoms with Gasteiger partial charge < -0.3 is 9.47 Å². The summed E-state index contributed by atoms with van der Waals surface area (Å²) in [5, 5.41) is 0.374. The summed E-state index contributed by atoms with van der Waals surface area (Å²) in [6, 6.07) is 5.85. The number of para-hydroxylation sites is 1. The highest BCUT2D eigenvalue weighted by Gasteiger charge is 2.29. The van der Waals surface area contributed by atoms with Gasteiger partial charge in [0.1, 0.15) is 11.3 Å². The van der Waals surface area contributed by atoms with Crippen LogP contribution in [-0.2, 0) is 4.74 Å². The molecule has 106 valence electrons. The number of halogens is 3. The summed E-state index contributed by atoms with van der Waals surface area (Å²) < 4.78 is 45.9. The van der Waals surface area contributed by atoms with Crippen molar-refractivity contribution >= 4 is 16.9 Å². The van der Waals surface area contributed by atoms with Gasteiger partial charge >= 0.3 is 12.1 Å². The Bertz CT molecular complexity index is 640. The number of nitrogens with zero attached hydrogens (tertiary/aromatic N) is 1. The fourth-order valence-corrected chi connectivity index (χ4v) is 1.71. The Morgan fingerprint density at radius 3 is 2.70 bits per heavy atom. The molecule has 0 aliphatic rings. The van der Waals surface area contributed by atoms with Gasteiger partial charge in [0.05, 0.1) is 12.7 Å². The van der Waals surface area contributed by atoms with E-state index < -0.39 is 18.8 Å². The van der Waals surface area contributed by atoms with Crippen molar-refractivity contribution in [3.8, 4) is 5.75 Å². The van der Waals surface area contributed by atoms with Crippen LogP contribution in [0.3, 0.4) is 0 Å². The van der Waals surface area contributed by atoms with Crippen LogP contribution in [0.2, 0.25) is 0 Å². The minimum Gasteiger partial charge on any atom is -0.482 e. The van der Waals surface area contributed by atoms with Gasteiger partial charge in [-0.25, -0.2) is 4.79 Å². The Labute approximate surface area is 112 Å². The lowest BCUT2D eigenvalue weighted by Gasteiger charge is -2.11. The minimum absolute atomic E-state index is 0.0365. The zero-order valence-electron chi connectivity index (χ0n) is 10.4. The maximum absolute atomic E-state index is 12.2. The van der Waals surface area contributed by atoms with E-state index in [0.717, 1.165) is 0 Å². The number of alkyl halides is 3. The third-order valence-corrected chi connectivity index (χ3v) is 2.53. The molecule has 0 radical (unpaired) electrons. The zero-order chi connectivity index (χ0) is 14.8. The second-order valence-corrected chi connectivity index (χ2v) is 3.91. The fourth-order valence-electron chi connectivity index (χ4n) is 1.71. The van der Waals surface area contributed by atoms with E-state index in [2.05, 4.69) is 9.72 Å². The molecule has 2 aromatic rings. The summed E-state index contributed by atoms with van der Waals surface area (Å²) in [5.74, 6) is -0.629. The predicted octanol–water partition coefficient (Wildman–Crippen LogP) is 2.96. The van der Waals surface area contributed by atoms with E-state index >= 15 is 0 Å². The molecule has 4 nitrogen and oxygen atoms in total. The Morgan fingerprint density at radius 2 is 2.05 bits per heavy atom. The van der Waals surface area contributed by atoms with E-state index in [0.29, 0.717) is 5.39 Å². The van der Waals surface area contributed by atoms with Crippen LogP contribution in [0.15, 0.2) is 30.5 Å². The Morgan fingerprint density at radius 1 is 1.30 bits per heavy atom. The highest BCUT2D eigenvalue weighted by atomic mass is 19.4. The molecule has 0 unspecified atom stereocenters. The van der Waals surface area contributed by atoms with Gasteiger partial charge in [-0.2, -0.15) is 13.2 Å². The number of hydrogen-bond donors (Lipinski definition) is 0. The number of ether oxygens (including phenoxy) is 2. The minimum atomic E-state index is -4.44. The van der Waals surface area contributed by atoms with Crippen LogP contribution in [0.1, 0.15) is 10.4 Å². The maximum Gasteiger partial charge on any atom is 0.422 e. The smallest absolute Gasteiger partial charge is 0.422 e. The largest absolute Gasteiger partial charge is 0.482 e. The first-order valence-corrected chi connectivity index (χ1v) is 5.58. The number of esters is 1. The third kappa shape index (κ3) is 2.98. The van der Waals surface area contributed by atoms with Crippen molar-refractivity contribution in [3.05, 3.63) is 36.0 Å². The molecule has 1 aromatic heterocycles. The number of pyridine rings is 1. The van der Waals surface area contributed by atoms with Crippen molar-refractivity contribution in [2.45, 2.75) is 6.18 Å². The van der Waals surface area contributed by atoms with Crippen molar-refractivity contribution in [2.24, 2.45) is 0 Å². The summed E-state index contributed by atoms with van der Waals surface area (Å²) in [7, 11) is 1.22. The van der Waals surface area contributed by atoms with Crippen molar-refractivity contribution in [1.29, 1.82) is 0 Å². The highest BCUT2D eigenvalue weighted by Crippen LogP contribution is 2.27. The lowest BCUT2D eigenvalue weighted by molar-refractivity contribution is -0.153. The number of benzene rings is 1. The van der Waals surface area contributed by atoms with Gasteiger partial charge in [-0.05, 0) is 12.1 Å². The average Bonchev–Trinajstić information content (AvgIpc) is 2.42. The number of hydrogen-bond acceptors (Lipinski definition) is 4. The number of rotatable bonds is 3. The second-order valence-electron chi connectivity index (χ2n) is 3.91. The summed E-state index contributed by atoms with van der Waals surface area (Å²) in [6.45, 7) is -1.42. The average molecular weight is 285 g/mol. The van der Waals surface area contributed by atoms with E-state index in [1.54, 1.807) is 6.07 Å². The summed E-state index contributed by atoms with van der Waals surface area (Å²) in [4.78, 5) is 15.5. The number of fused-ring (bicyclic) bond motifs is 1. The molecule has 0 saturated carbocycles. The van der Waals surface area contributed by atoms with Crippen LogP contribution < -0.4 is 4.74 Å². The quantitative estimate of drug-likeness (QED) is 0.813. The van der Waals surface area contributed by atoms with Crippen molar-refractivity contribution < 1.29 is 27.4 Å². The highest BCUT2D eigenvalue weighted by molar-refractivity contribution is 6.04. The maximum atomic E-state index is 12.2. The van der Waals surface area contributed by atoms with Crippen molar-refractivity contribution in [2.75, 3.05) is 13.7 Å². The van der Waals surface area contributed by atoms with E-state index in [-0.39, 0.29) is 16.8 Å². The Balaban J connectivity index is 2.45. The van der Waals surface area contributed by atoms with Crippen LogP contribution in [0, 0.1) is 0 Å². The van der Waals surface area contributed by atoms with Crippen molar-refractivity contribution in [3.63, 3.8) is 0 Å². The summed E-state index contributed by atoms with van der Waals surface area (Å²) >= 11 is 0. The molecule has 1 aromatic carbocycles. The van der Waals surface area contributed by atoms with Gasteiger partial charge in [-0.15, -0.1) is 0 Å². The molecule has 0 bridgehead atoms. The SMILES string of the molecule is COC(=O)c1ccnc2c(OCC(F)(F)F)cccc12. The molecule has 0 aliphatic carbocycles. The number of methoxy groups -OCH3 is 1. The monoisotopic (exact) mass is 285 g/mol. The fraction of sp³-hybridized carbons (Fsp3) is 0.231. The van der Waals surface area contributed by atoms with E-state index in [4.69, 9.17) is 4.74 Å². The standard InChI is InChI=1S/C13H10F3NO3/c1-19-12(18)9-5-6-17-11-8(9)3-2-4-10(11)20-7-13(14,15)16/h2-6H,7H2,1H3. The van der Waals surface area contributed by atoms with E-state index in [1.807, 2.05) is 0 Å². The molecule has 0 spiro atoms. The molecule has 0 atom stereocenters. The molecular weight excluding hydrogens is 275 g/mol. The van der Waals surface area contributed by atoms with Gasteiger partial charge in [0.2, 0.25) is 0 Å². The molecule has 0 saturated heterocycles. The van der Waals surface area contributed by atoms with Gasteiger partial charge in [0.25, 0.3) is 0 Å². The Kier molecular flexibility index (Phi) is 3.78. The zero-order valence-corrected chi connectivity index (χ0v) is 10.4. The Hall–Kier alpha value is -2.31. The molecule has 0 aliphatic heterocycles. The van der Waals surface area contributed by atoms with Gasteiger partial charge in [-0.1, -0.05) is 12.1 Å². The molecule has 1 heterocycles. The third-order valence-electron chi connectivity index (χ3n) is 2.53. The lowest BCUT2D eigenvalue weighted by atomic mass is 10.1. The topological polar surface area (TPSA) is 48.4 Å².